The van der Waals surface area contributed by atoms with Crippen LogP contribution in [0.15, 0.2) is 47.4 Å². The number of thiocarbonyl (C=S) groups is 1. The largest absolute Gasteiger partial charge is 0.359 e. The van der Waals surface area contributed by atoms with E-state index in [1.54, 1.807) is 10.4 Å². The molecule has 1 spiro atoms. The number of rotatable bonds is 3. The average molecular weight is 484 g/mol. The third-order valence-corrected chi connectivity index (χ3v) is 10.3. The minimum Gasteiger partial charge on any atom is -0.359 e. The van der Waals surface area contributed by atoms with Gasteiger partial charge in [-0.05, 0) is 91.9 Å². The van der Waals surface area contributed by atoms with Gasteiger partial charge in [0.05, 0.1) is 4.90 Å². The minimum atomic E-state index is -3.45. The number of benzene rings is 2. The van der Waals surface area contributed by atoms with Gasteiger partial charge in [-0.25, -0.2) is 8.42 Å². The van der Waals surface area contributed by atoms with Gasteiger partial charge in [-0.2, -0.15) is 4.31 Å². The van der Waals surface area contributed by atoms with Gasteiger partial charge in [-0.3, -0.25) is 0 Å². The van der Waals surface area contributed by atoms with E-state index in [0.29, 0.717) is 24.0 Å². The maximum atomic E-state index is 13.3. The van der Waals surface area contributed by atoms with Crippen LogP contribution in [0, 0.1) is 19.3 Å². The van der Waals surface area contributed by atoms with Gasteiger partial charge in [0.25, 0.3) is 0 Å². The molecule has 7 heteroatoms. The van der Waals surface area contributed by atoms with E-state index in [9.17, 15) is 8.42 Å². The molecule has 2 heterocycles. The molecule has 0 radical (unpaired) electrons. The zero-order chi connectivity index (χ0) is 23.2. The van der Waals surface area contributed by atoms with Crippen LogP contribution in [0.1, 0.15) is 41.5 Å². The molecule has 0 aromatic heterocycles. The standard InChI is InChI=1S/C26H33N3O2S2/c1-19-7-8-20(2)24(15-19)33(30,31)29-13-10-26(11-14-29)9-12-28(18-26)25(32)27-23-16-21-5-3-4-6-22(21)17-23/h3-8,15,23H,9-14,16-18H2,1-2H3,(H,27,32). The van der Waals surface area contributed by atoms with E-state index in [0.717, 1.165) is 61.4 Å². The second-order valence-electron chi connectivity index (χ2n) is 10.2. The molecular weight excluding hydrogens is 450 g/mol. The SMILES string of the molecule is Cc1ccc(C)c(S(=O)(=O)N2CCC3(CCN(C(=S)NC4Cc5ccccc5C4)C3)CC2)c1. The molecule has 1 aliphatic carbocycles. The van der Waals surface area contributed by atoms with Crippen LogP contribution in [0.5, 0.6) is 0 Å². The van der Waals surface area contributed by atoms with Gasteiger partial charge in [-0.15, -0.1) is 0 Å². The zero-order valence-corrected chi connectivity index (χ0v) is 21.1. The van der Waals surface area contributed by atoms with Crippen molar-refractivity contribution in [2.75, 3.05) is 26.2 Å². The molecule has 2 aromatic carbocycles. The van der Waals surface area contributed by atoms with Crippen LogP contribution in [0.4, 0.5) is 0 Å². The van der Waals surface area contributed by atoms with Gasteiger partial charge in [0.15, 0.2) is 5.11 Å². The van der Waals surface area contributed by atoms with Crippen LogP contribution in [0.2, 0.25) is 0 Å². The monoisotopic (exact) mass is 483 g/mol. The van der Waals surface area contributed by atoms with Crippen LogP contribution in [-0.4, -0.2) is 55.0 Å². The highest BCUT2D eigenvalue weighted by Crippen LogP contribution is 2.41. The maximum Gasteiger partial charge on any atom is 0.243 e. The molecule has 3 aliphatic rings. The van der Waals surface area contributed by atoms with Crippen LogP contribution < -0.4 is 5.32 Å². The third kappa shape index (κ3) is 4.43. The Morgan fingerprint density at radius 1 is 1.00 bits per heavy atom. The molecule has 2 aromatic rings. The molecular formula is C26H33N3O2S2. The number of nitrogens with zero attached hydrogens (tertiary/aromatic N) is 2. The Hall–Kier alpha value is -1.96. The summed E-state index contributed by atoms with van der Waals surface area (Å²) in [6, 6.07) is 14.7. The Bertz CT molecular complexity index is 1140. The normalized spacial score (nSPS) is 20.8. The van der Waals surface area contributed by atoms with Gasteiger partial charge in [0.1, 0.15) is 0 Å². The second kappa shape index (κ2) is 8.67. The minimum absolute atomic E-state index is 0.165. The number of nitrogens with one attached hydrogen (secondary N) is 1. The number of likely N-dealkylation sites (tertiary alicyclic amines) is 1. The topological polar surface area (TPSA) is 52.7 Å². The maximum absolute atomic E-state index is 13.3. The summed E-state index contributed by atoms with van der Waals surface area (Å²) in [5.74, 6) is 0. The predicted octanol–water partition coefficient (Wildman–Crippen LogP) is 3.82. The van der Waals surface area contributed by atoms with Crippen molar-refractivity contribution in [2.24, 2.45) is 5.41 Å². The Labute approximate surface area is 203 Å². The first-order valence-corrected chi connectivity index (χ1v) is 13.8. The Morgan fingerprint density at radius 3 is 2.30 bits per heavy atom. The van der Waals surface area contributed by atoms with E-state index in [2.05, 4.69) is 34.5 Å². The fourth-order valence-corrected chi connectivity index (χ4v) is 7.84. The van der Waals surface area contributed by atoms with Gasteiger partial charge in [0.2, 0.25) is 10.0 Å². The second-order valence-corrected chi connectivity index (χ2v) is 12.5. The summed E-state index contributed by atoms with van der Waals surface area (Å²) in [6.07, 6.45) is 4.92. The van der Waals surface area contributed by atoms with Crippen molar-refractivity contribution in [1.82, 2.24) is 14.5 Å². The molecule has 0 amide bonds. The predicted molar refractivity (Wildman–Crippen MR) is 136 cm³/mol. The van der Waals surface area contributed by atoms with E-state index >= 15 is 0 Å². The van der Waals surface area contributed by atoms with Crippen molar-refractivity contribution < 1.29 is 8.42 Å². The van der Waals surface area contributed by atoms with Crippen LogP contribution >= 0.6 is 12.2 Å². The van der Waals surface area contributed by atoms with Crippen molar-refractivity contribution >= 4 is 27.4 Å². The fourth-order valence-electron chi connectivity index (χ4n) is 5.77. The van der Waals surface area contributed by atoms with Gasteiger partial charge in [0, 0.05) is 32.2 Å². The molecule has 33 heavy (non-hydrogen) atoms. The Balaban J connectivity index is 1.18. The summed E-state index contributed by atoms with van der Waals surface area (Å²) in [6.45, 7) is 6.87. The van der Waals surface area contributed by atoms with Crippen molar-refractivity contribution in [2.45, 2.75) is 56.9 Å². The molecule has 2 saturated heterocycles. The van der Waals surface area contributed by atoms with E-state index in [1.165, 1.54) is 11.1 Å². The number of sulfonamides is 1. The summed E-state index contributed by atoms with van der Waals surface area (Å²) in [4.78, 5) is 2.77. The summed E-state index contributed by atoms with van der Waals surface area (Å²) in [7, 11) is -3.45. The smallest absolute Gasteiger partial charge is 0.243 e. The highest BCUT2D eigenvalue weighted by Gasteiger charge is 2.44. The Kier molecular flexibility index (Phi) is 6.00. The number of aryl methyl sites for hydroxylation is 2. The summed E-state index contributed by atoms with van der Waals surface area (Å²) in [5.41, 5.74) is 4.81. The molecule has 176 valence electrons. The fraction of sp³-hybridized carbons (Fsp3) is 0.500. The molecule has 1 N–H and O–H groups in total. The lowest BCUT2D eigenvalue weighted by Gasteiger charge is -2.39. The first-order chi connectivity index (χ1) is 15.8. The summed E-state index contributed by atoms with van der Waals surface area (Å²) >= 11 is 5.80. The average Bonchev–Trinajstić information content (AvgIpc) is 3.39. The van der Waals surface area contributed by atoms with Gasteiger partial charge < -0.3 is 10.2 Å². The third-order valence-electron chi connectivity index (χ3n) is 7.85. The molecule has 0 unspecified atom stereocenters. The van der Waals surface area contributed by atoms with E-state index in [1.807, 2.05) is 26.0 Å². The molecule has 5 rings (SSSR count). The van der Waals surface area contributed by atoms with Crippen molar-refractivity contribution in [1.29, 1.82) is 0 Å². The molecule has 0 saturated carbocycles. The van der Waals surface area contributed by atoms with E-state index < -0.39 is 10.0 Å². The van der Waals surface area contributed by atoms with Gasteiger partial charge in [-0.1, -0.05) is 36.4 Å². The van der Waals surface area contributed by atoms with Crippen molar-refractivity contribution in [3.63, 3.8) is 0 Å². The van der Waals surface area contributed by atoms with Crippen molar-refractivity contribution in [3.05, 3.63) is 64.7 Å². The van der Waals surface area contributed by atoms with Crippen LogP contribution in [0.3, 0.4) is 0 Å². The van der Waals surface area contributed by atoms with Gasteiger partial charge >= 0.3 is 0 Å². The molecule has 0 atom stereocenters. The number of piperidine rings is 1. The van der Waals surface area contributed by atoms with Crippen LogP contribution in [0.25, 0.3) is 0 Å². The molecule has 0 bridgehead atoms. The molecule has 5 nitrogen and oxygen atoms in total. The first kappa shape index (κ1) is 22.8. The lowest BCUT2D eigenvalue weighted by molar-refractivity contribution is 0.166. The Morgan fingerprint density at radius 2 is 1.64 bits per heavy atom. The number of hydrogen-bond donors (Lipinski definition) is 1. The van der Waals surface area contributed by atoms with Crippen LogP contribution in [-0.2, 0) is 22.9 Å². The highest BCUT2D eigenvalue weighted by molar-refractivity contribution is 7.89. The summed E-state index contributed by atoms with van der Waals surface area (Å²) < 4.78 is 28.3. The molecule has 2 aliphatic heterocycles. The first-order valence-electron chi connectivity index (χ1n) is 12.0. The zero-order valence-electron chi connectivity index (χ0n) is 19.5. The van der Waals surface area contributed by atoms with Crippen molar-refractivity contribution in [3.8, 4) is 0 Å². The summed E-state index contributed by atoms with van der Waals surface area (Å²) in [5, 5.41) is 4.46. The van der Waals surface area contributed by atoms with E-state index in [-0.39, 0.29) is 5.41 Å². The quantitative estimate of drug-likeness (QED) is 0.673. The highest BCUT2D eigenvalue weighted by atomic mass is 32.2. The van der Waals surface area contributed by atoms with E-state index in [4.69, 9.17) is 12.2 Å². The molecule has 2 fully saturated rings. The number of hydrogen-bond acceptors (Lipinski definition) is 3. The lowest BCUT2D eigenvalue weighted by atomic mass is 9.78. The lowest BCUT2D eigenvalue weighted by Crippen LogP contribution is -2.47. The number of fused-ring (bicyclic) bond motifs is 1.